The van der Waals surface area contributed by atoms with Crippen molar-refractivity contribution >= 4 is 23.7 Å². The number of carbonyl (C=O) groups excluding carboxylic acids is 2. The molecule has 0 unspecified atom stereocenters. The molecule has 0 radical (unpaired) electrons. The number of rotatable bonds is 3. The van der Waals surface area contributed by atoms with E-state index < -0.39 is 29.2 Å². The molecule has 0 saturated heterocycles. The SMILES string of the molecule is COC(=O)c1cc(SC(F)(F)F)cc(C(=O)OC)c1. The highest BCUT2D eigenvalue weighted by atomic mass is 32.2. The molecule has 0 aliphatic heterocycles. The molecule has 1 aromatic carbocycles. The first-order valence-electron chi connectivity index (χ1n) is 4.84. The molecule has 0 heterocycles. The molecular formula is C11H9F3O4S. The molecule has 0 N–H and O–H groups in total. The Morgan fingerprint density at radius 2 is 1.42 bits per heavy atom. The molecule has 0 bridgehead atoms. The fraction of sp³-hybridized carbons (Fsp3) is 0.273. The van der Waals surface area contributed by atoms with Gasteiger partial charge in [-0.1, -0.05) is 0 Å². The van der Waals surface area contributed by atoms with Crippen LogP contribution in [0.15, 0.2) is 23.1 Å². The molecule has 0 aliphatic rings. The lowest BCUT2D eigenvalue weighted by Crippen LogP contribution is -2.08. The Hall–Kier alpha value is -1.70. The van der Waals surface area contributed by atoms with Gasteiger partial charge in [0.05, 0.1) is 25.3 Å². The van der Waals surface area contributed by atoms with Gasteiger partial charge < -0.3 is 9.47 Å². The van der Waals surface area contributed by atoms with E-state index in [1.807, 2.05) is 0 Å². The molecule has 4 nitrogen and oxygen atoms in total. The maximum atomic E-state index is 12.3. The minimum atomic E-state index is -4.53. The van der Waals surface area contributed by atoms with E-state index in [2.05, 4.69) is 9.47 Å². The van der Waals surface area contributed by atoms with Crippen molar-refractivity contribution in [1.29, 1.82) is 0 Å². The van der Waals surface area contributed by atoms with Crippen LogP contribution < -0.4 is 0 Å². The second-order valence-corrected chi connectivity index (χ2v) is 4.42. The average molecular weight is 294 g/mol. The average Bonchev–Trinajstić information content (AvgIpc) is 2.34. The second kappa shape index (κ2) is 5.96. The zero-order valence-corrected chi connectivity index (χ0v) is 10.7. The van der Waals surface area contributed by atoms with Gasteiger partial charge >= 0.3 is 17.4 Å². The smallest absolute Gasteiger partial charge is 0.446 e. The number of methoxy groups -OCH3 is 2. The monoisotopic (exact) mass is 294 g/mol. The van der Waals surface area contributed by atoms with Crippen LogP contribution in [0, 0.1) is 0 Å². The van der Waals surface area contributed by atoms with Gasteiger partial charge in [-0.2, -0.15) is 13.2 Å². The van der Waals surface area contributed by atoms with Crippen molar-refractivity contribution in [1.82, 2.24) is 0 Å². The molecule has 0 atom stereocenters. The number of halogens is 3. The molecule has 0 fully saturated rings. The first-order valence-corrected chi connectivity index (χ1v) is 5.66. The molecule has 1 aromatic rings. The van der Waals surface area contributed by atoms with E-state index in [1.165, 1.54) is 0 Å². The van der Waals surface area contributed by atoms with E-state index in [0.717, 1.165) is 32.4 Å². The molecule has 0 saturated carbocycles. The van der Waals surface area contributed by atoms with Gasteiger partial charge in [0.25, 0.3) is 0 Å². The summed E-state index contributed by atoms with van der Waals surface area (Å²) in [4.78, 5) is 22.4. The van der Waals surface area contributed by atoms with E-state index >= 15 is 0 Å². The van der Waals surface area contributed by atoms with E-state index in [4.69, 9.17) is 0 Å². The quantitative estimate of drug-likeness (QED) is 0.634. The van der Waals surface area contributed by atoms with Crippen LogP contribution in [0.2, 0.25) is 0 Å². The van der Waals surface area contributed by atoms with Gasteiger partial charge in [0.15, 0.2) is 0 Å². The summed E-state index contributed by atoms with van der Waals surface area (Å²) in [6, 6.07) is 3.10. The van der Waals surface area contributed by atoms with Gasteiger partial charge in [-0.05, 0) is 30.0 Å². The molecule has 19 heavy (non-hydrogen) atoms. The molecule has 1 rings (SSSR count). The third-order valence-electron chi connectivity index (χ3n) is 1.98. The maximum Gasteiger partial charge on any atom is 0.446 e. The highest BCUT2D eigenvalue weighted by Crippen LogP contribution is 2.37. The minimum absolute atomic E-state index is 0.155. The lowest BCUT2D eigenvalue weighted by Gasteiger charge is -2.09. The van der Waals surface area contributed by atoms with E-state index in [9.17, 15) is 22.8 Å². The number of benzene rings is 1. The number of thioether (sulfide) groups is 1. The fourth-order valence-electron chi connectivity index (χ4n) is 1.26. The Bertz CT molecular complexity index is 465. The van der Waals surface area contributed by atoms with Crippen LogP contribution in [0.3, 0.4) is 0 Å². The Kier molecular flexibility index (Phi) is 4.82. The summed E-state index contributed by atoms with van der Waals surface area (Å²) in [6.45, 7) is 0. The van der Waals surface area contributed by atoms with Crippen LogP contribution >= 0.6 is 11.8 Å². The number of alkyl halides is 3. The Labute approximate surface area is 110 Å². The molecule has 8 heteroatoms. The zero-order valence-electron chi connectivity index (χ0n) is 9.91. The third kappa shape index (κ3) is 4.47. The molecule has 104 valence electrons. The number of ether oxygens (including phenoxy) is 2. The maximum absolute atomic E-state index is 12.3. The predicted octanol–water partition coefficient (Wildman–Crippen LogP) is 2.87. The largest absolute Gasteiger partial charge is 0.465 e. The number of hydrogen-bond acceptors (Lipinski definition) is 5. The third-order valence-corrected chi connectivity index (χ3v) is 2.69. The van der Waals surface area contributed by atoms with Crippen LogP contribution in [-0.4, -0.2) is 31.7 Å². The standard InChI is InChI=1S/C11H9F3O4S/c1-17-9(15)6-3-7(10(16)18-2)5-8(4-6)19-11(12,13)14/h3-5H,1-2H3. The Morgan fingerprint density at radius 1 is 1.00 bits per heavy atom. The summed E-state index contributed by atoms with van der Waals surface area (Å²) in [7, 11) is 2.17. The summed E-state index contributed by atoms with van der Waals surface area (Å²) < 4.78 is 45.7. The lowest BCUT2D eigenvalue weighted by atomic mass is 10.1. The van der Waals surface area contributed by atoms with Gasteiger partial charge in [-0.3, -0.25) is 0 Å². The summed E-state index contributed by atoms with van der Waals surface area (Å²) in [5, 5.41) is 0. The van der Waals surface area contributed by atoms with Crippen LogP contribution in [0.4, 0.5) is 13.2 Å². The minimum Gasteiger partial charge on any atom is -0.465 e. The van der Waals surface area contributed by atoms with Crippen molar-refractivity contribution in [2.45, 2.75) is 10.4 Å². The Balaban J connectivity index is 3.24. The predicted molar refractivity (Wildman–Crippen MR) is 61.0 cm³/mol. The highest BCUT2D eigenvalue weighted by molar-refractivity contribution is 8.00. The van der Waals surface area contributed by atoms with Crippen LogP contribution in [0.1, 0.15) is 20.7 Å². The van der Waals surface area contributed by atoms with Crippen molar-refractivity contribution < 1.29 is 32.2 Å². The van der Waals surface area contributed by atoms with E-state index in [1.54, 1.807) is 0 Å². The molecule has 0 amide bonds. The summed E-state index contributed by atoms with van der Waals surface area (Å²) in [5.41, 5.74) is -4.84. The van der Waals surface area contributed by atoms with Crippen LogP contribution in [0.25, 0.3) is 0 Å². The number of hydrogen-bond donors (Lipinski definition) is 0. The van der Waals surface area contributed by atoms with Crippen molar-refractivity contribution in [3.05, 3.63) is 29.3 Å². The van der Waals surface area contributed by atoms with Crippen molar-refractivity contribution in [2.75, 3.05) is 14.2 Å². The molecule has 0 spiro atoms. The van der Waals surface area contributed by atoms with Gasteiger partial charge in [0.1, 0.15) is 0 Å². The van der Waals surface area contributed by atoms with E-state index in [-0.39, 0.29) is 16.0 Å². The van der Waals surface area contributed by atoms with Crippen LogP contribution in [0.5, 0.6) is 0 Å². The molecule has 0 aromatic heterocycles. The van der Waals surface area contributed by atoms with Gasteiger partial charge in [0.2, 0.25) is 0 Å². The van der Waals surface area contributed by atoms with Gasteiger partial charge in [0, 0.05) is 4.90 Å². The van der Waals surface area contributed by atoms with Gasteiger partial charge in [-0.15, -0.1) is 0 Å². The van der Waals surface area contributed by atoms with Gasteiger partial charge in [-0.25, -0.2) is 9.59 Å². The van der Waals surface area contributed by atoms with Crippen molar-refractivity contribution in [3.63, 3.8) is 0 Å². The lowest BCUT2D eigenvalue weighted by molar-refractivity contribution is -0.0328. The molecule has 0 aliphatic carbocycles. The summed E-state index contributed by atoms with van der Waals surface area (Å²) in [5.74, 6) is -1.68. The van der Waals surface area contributed by atoms with Crippen molar-refractivity contribution in [3.8, 4) is 0 Å². The second-order valence-electron chi connectivity index (χ2n) is 3.28. The fourth-order valence-corrected chi connectivity index (χ4v) is 1.90. The normalized spacial score (nSPS) is 11.0. The van der Waals surface area contributed by atoms with E-state index in [0.29, 0.717) is 0 Å². The first kappa shape index (κ1) is 15.4. The Morgan fingerprint density at radius 3 is 1.74 bits per heavy atom. The topological polar surface area (TPSA) is 52.6 Å². The molecular weight excluding hydrogens is 285 g/mol. The van der Waals surface area contributed by atoms with Crippen molar-refractivity contribution in [2.24, 2.45) is 0 Å². The highest BCUT2D eigenvalue weighted by Gasteiger charge is 2.30. The number of carbonyl (C=O) groups is 2. The summed E-state index contributed by atoms with van der Waals surface area (Å²) >= 11 is -0.431. The number of esters is 2. The summed E-state index contributed by atoms with van der Waals surface area (Å²) in [6.07, 6.45) is 0. The zero-order chi connectivity index (χ0) is 14.6. The first-order chi connectivity index (χ1) is 8.76. The van der Waals surface area contributed by atoms with Crippen LogP contribution in [-0.2, 0) is 9.47 Å².